The summed E-state index contributed by atoms with van der Waals surface area (Å²) in [6.45, 7) is 4.69. The van der Waals surface area contributed by atoms with Crippen molar-refractivity contribution >= 4 is 22.7 Å². The van der Waals surface area contributed by atoms with E-state index in [2.05, 4.69) is 0 Å². The molecular formula is C26H23N3O4S. The van der Waals surface area contributed by atoms with Gasteiger partial charge in [0.15, 0.2) is 5.16 Å². The second-order valence-electron chi connectivity index (χ2n) is 7.62. The zero-order valence-electron chi connectivity index (χ0n) is 18.9. The molecule has 0 atom stereocenters. The Hall–Kier alpha value is -3.78. The van der Waals surface area contributed by atoms with Crippen LogP contribution in [0.5, 0.6) is 5.75 Å². The molecule has 0 saturated heterocycles. The van der Waals surface area contributed by atoms with Gasteiger partial charge in [0.2, 0.25) is 5.89 Å². The molecule has 3 aromatic heterocycles. The van der Waals surface area contributed by atoms with Crippen LogP contribution in [-0.4, -0.2) is 21.1 Å². The molecule has 0 aliphatic carbocycles. The van der Waals surface area contributed by atoms with Crippen molar-refractivity contribution in [3.8, 4) is 17.2 Å². The molecule has 0 bridgehead atoms. The highest BCUT2D eigenvalue weighted by molar-refractivity contribution is 7.98. The number of fused-ring (bicyclic) bond motifs is 1. The maximum Gasteiger partial charge on any atom is 0.262 e. The fraction of sp³-hybridized carbons (Fsp3) is 0.192. The third kappa shape index (κ3) is 4.36. The largest absolute Gasteiger partial charge is 0.493 e. The molecule has 0 fully saturated rings. The van der Waals surface area contributed by atoms with Gasteiger partial charge in [-0.25, -0.2) is 9.97 Å². The number of rotatable bonds is 8. The van der Waals surface area contributed by atoms with E-state index in [0.29, 0.717) is 46.6 Å². The van der Waals surface area contributed by atoms with Crippen LogP contribution in [-0.2, 0) is 12.3 Å². The molecule has 0 amide bonds. The van der Waals surface area contributed by atoms with Crippen LogP contribution in [0.15, 0.2) is 85.7 Å². The second kappa shape index (κ2) is 9.61. The predicted octanol–water partition coefficient (Wildman–Crippen LogP) is 5.69. The number of aromatic nitrogens is 3. The highest BCUT2D eigenvalue weighted by Crippen LogP contribution is 2.32. The van der Waals surface area contributed by atoms with Gasteiger partial charge < -0.3 is 13.6 Å². The lowest BCUT2D eigenvalue weighted by molar-refractivity contribution is 0.340. The highest BCUT2D eigenvalue weighted by atomic mass is 32.2. The third-order valence-electron chi connectivity index (χ3n) is 5.37. The van der Waals surface area contributed by atoms with E-state index < -0.39 is 0 Å². The maximum absolute atomic E-state index is 13.3. The second-order valence-corrected chi connectivity index (χ2v) is 8.56. The molecule has 0 spiro atoms. The number of ether oxygens (including phenoxy) is 1. The minimum atomic E-state index is -0.104. The van der Waals surface area contributed by atoms with Gasteiger partial charge in [-0.15, -0.1) is 0 Å². The smallest absolute Gasteiger partial charge is 0.262 e. The Morgan fingerprint density at radius 2 is 1.85 bits per heavy atom. The summed E-state index contributed by atoms with van der Waals surface area (Å²) in [6, 6.07) is 18.7. The van der Waals surface area contributed by atoms with Crippen LogP contribution in [0, 0.1) is 6.92 Å². The molecule has 2 aromatic carbocycles. The standard InChI is InChI=1S/C26H23N3O4S/c1-3-31-23-13-7-5-11-20(23)24-27-22(17(2)33-24)16-34-26-28-21-12-6-4-10-19(21)25(30)29(26)15-18-9-8-14-32-18/h4-14H,3,15-16H2,1-2H3. The first kappa shape index (κ1) is 22.0. The monoisotopic (exact) mass is 473 g/mol. The van der Waals surface area contributed by atoms with Crippen molar-refractivity contribution in [1.29, 1.82) is 0 Å². The van der Waals surface area contributed by atoms with Gasteiger partial charge in [-0.3, -0.25) is 9.36 Å². The number of hydrogen-bond donors (Lipinski definition) is 0. The first-order valence-corrected chi connectivity index (χ1v) is 12.0. The summed E-state index contributed by atoms with van der Waals surface area (Å²) in [5.41, 5.74) is 2.15. The van der Waals surface area contributed by atoms with Crippen LogP contribution in [0.3, 0.4) is 0 Å². The molecule has 172 valence electrons. The Balaban J connectivity index is 1.47. The molecule has 0 unspecified atom stereocenters. The normalized spacial score (nSPS) is 11.2. The zero-order valence-corrected chi connectivity index (χ0v) is 19.7. The van der Waals surface area contributed by atoms with Crippen LogP contribution in [0.2, 0.25) is 0 Å². The van der Waals surface area contributed by atoms with Gasteiger partial charge in [-0.05, 0) is 50.2 Å². The first-order chi connectivity index (χ1) is 16.6. The van der Waals surface area contributed by atoms with E-state index in [-0.39, 0.29) is 5.56 Å². The summed E-state index contributed by atoms with van der Waals surface area (Å²) in [5, 5.41) is 1.17. The minimum absolute atomic E-state index is 0.104. The molecule has 34 heavy (non-hydrogen) atoms. The number of para-hydroxylation sites is 2. The molecular weight excluding hydrogens is 450 g/mol. The van der Waals surface area contributed by atoms with Crippen LogP contribution in [0.1, 0.15) is 24.1 Å². The van der Waals surface area contributed by atoms with Crippen molar-refractivity contribution in [2.45, 2.75) is 31.3 Å². The third-order valence-corrected chi connectivity index (χ3v) is 6.36. The Morgan fingerprint density at radius 1 is 1.03 bits per heavy atom. The van der Waals surface area contributed by atoms with Crippen molar-refractivity contribution in [1.82, 2.24) is 14.5 Å². The lowest BCUT2D eigenvalue weighted by Gasteiger charge is -2.11. The summed E-state index contributed by atoms with van der Waals surface area (Å²) >= 11 is 1.44. The summed E-state index contributed by atoms with van der Waals surface area (Å²) < 4.78 is 18.8. The summed E-state index contributed by atoms with van der Waals surface area (Å²) in [5.74, 6) is 3.14. The zero-order chi connectivity index (χ0) is 23.5. The van der Waals surface area contributed by atoms with Gasteiger partial charge in [-0.2, -0.15) is 0 Å². The Labute approximate surface area is 200 Å². The van der Waals surface area contributed by atoms with Crippen molar-refractivity contribution in [2.75, 3.05) is 6.61 Å². The average Bonchev–Trinajstić information content (AvgIpc) is 3.50. The molecule has 3 heterocycles. The van der Waals surface area contributed by atoms with E-state index in [1.807, 2.05) is 68.4 Å². The minimum Gasteiger partial charge on any atom is -0.493 e. The molecule has 8 heteroatoms. The van der Waals surface area contributed by atoms with Crippen LogP contribution >= 0.6 is 11.8 Å². The van der Waals surface area contributed by atoms with Gasteiger partial charge >= 0.3 is 0 Å². The van der Waals surface area contributed by atoms with E-state index in [1.165, 1.54) is 11.8 Å². The van der Waals surface area contributed by atoms with Crippen LogP contribution in [0.4, 0.5) is 0 Å². The van der Waals surface area contributed by atoms with E-state index in [0.717, 1.165) is 22.8 Å². The molecule has 0 N–H and O–H groups in total. The fourth-order valence-corrected chi connectivity index (χ4v) is 4.69. The maximum atomic E-state index is 13.3. The lowest BCUT2D eigenvalue weighted by atomic mass is 10.2. The Kier molecular flexibility index (Phi) is 6.22. The van der Waals surface area contributed by atoms with E-state index in [1.54, 1.807) is 16.9 Å². The number of oxazole rings is 1. The molecule has 0 aliphatic rings. The highest BCUT2D eigenvalue weighted by Gasteiger charge is 2.18. The topological polar surface area (TPSA) is 83.3 Å². The van der Waals surface area contributed by atoms with E-state index in [9.17, 15) is 4.79 Å². The van der Waals surface area contributed by atoms with Crippen molar-refractivity contribution in [2.24, 2.45) is 0 Å². The fourth-order valence-electron chi connectivity index (χ4n) is 3.69. The predicted molar refractivity (Wildman–Crippen MR) is 131 cm³/mol. The van der Waals surface area contributed by atoms with Gasteiger partial charge in [-0.1, -0.05) is 36.0 Å². The number of benzene rings is 2. The van der Waals surface area contributed by atoms with Gasteiger partial charge in [0.25, 0.3) is 5.56 Å². The Morgan fingerprint density at radius 3 is 2.68 bits per heavy atom. The number of nitrogens with zero attached hydrogens (tertiary/aromatic N) is 3. The molecule has 5 rings (SSSR count). The lowest BCUT2D eigenvalue weighted by Crippen LogP contribution is -2.23. The van der Waals surface area contributed by atoms with E-state index >= 15 is 0 Å². The molecule has 0 aliphatic heterocycles. The van der Waals surface area contributed by atoms with E-state index in [4.69, 9.17) is 23.5 Å². The molecule has 0 saturated carbocycles. The average molecular weight is 474 g/mol. The summed E-state index contributed by atoms with van der Waals surface area (Å²) in [6.07, 6.45) is 1.60. The van der Waals surface area contributed by atoms with Gasteiger partial charge in [0.1, 0.15) is 17.3 Å². The number of furan rings is 1. The summed E-state index contributed by atoms with van der Waals surface area (Å²) in [4.78, 5) is 22.8. The molecule has 5 aromatic rings. The van der Waals surface area contributed by atoms with Crippen LogP contribution in [0.25, 0.3) is 22.4 Å². The number of aryl methyl sites for hydroxylation is 1. The quantitative estimate of drug-likeness (QED) is 0.211. The number of hydrogen-bond acceptors (Lipinski definition) is 7. The van der Waals surface area contributed by atoms with Crippen LogP contribution < -0.4 is 10.3 Å². The van der Waals surface area contributed by atoms with Gasteiger partial charge in [0.05, 0.1) is 41.6 Å². The van der Waals surface area contributed by atoms with Crippen molar-refractivity contribution in [3.05, 3.63) is 94.5 Å². The molecule has 7 nitrogen and oxygen atoms in total. The van der Waals surface area contributed by atoms with Crippen molar-refractivity contribution < 1.29 is 13.6 Å². The molecule has 0 radical (unpaired) electrons. The van der Waals surface area contributed by atoms with Crippen molar-refractivity contribution in [3.63, 3.8) is 0 Å². The van der Waals surface area contributed by atoms with Gasteiger partial charge in [0, 0.05) is 5.75 Å². The number of thioether (sulfide) groups is 1. The Bertz CT molecular complexity index is 1490. The SMILES string of the molecule is CCOc1ccccc1-c1nc(CSc2nc3ccccc3c(=O)n2Cc2ccco2)c(C)o1. The first-order valence-electron chi connectivity index (χ1n) is 11.0. The summed E-state index contributed by atoms with van der Waals surface area (Å²) in [7, 11) is 0.